The molecule has 19 heavy (non-hydrogen) atoms. The summed E-state index contributed by atoms with van der Waals surface area (Å²) in [6, 6.07) is 0. The zero-order valence-corrected chi connectivity index (χ0v) is 13.7. The van der Waals surface area contributed by atoms with Crippen molar-refractivity contribution in [1.29, 1.82) is 0 Å². The average Bonchev–Trinajstić information content (AvgIpc) is 2.35. The van der Waals surface area contributed by atoms with E-state index in [1.807, 2.05) is 0 Å². The normalized spacial score (nSPS) is 33.2. The predicted molar refractivity (Wildman–Crippen MR) is 77.3 cm³/mol. The van der Waals surface area contributed by atoms with Crippen LogP contribution in [0.5, 0.6) is 0 Å². The third kappa shape index (κ3) is 5.70. The van der Waals surface area contributed by atoms with E-state index in [2.05, 4.69) is 34.3 Å². The summed E-state index contributed by atoms with van der Waals surface area (Å²) in [6.45, 7) is 15.0. The summed E-state index contributed by atoms with van der Waals surface area (Å²) in [5.41, 5.74) is 0.296. The van der Waals surface area contributed by atoms with Crippen LogP contribution in [0.1, 0.15) is 26.7 Å². The molecule has 2 atom stereocenters. The van der Waals surface area contributed by atoms with E-state index in [4.69, 9.17) is 0 Å². The van der Waals surface area contributed by atoms with Crippen molar-refractivity contribution in [3.8, 4) is 0 Å². The molecule has 0 spiro atoms. The minimum Gasteiger partial charge on any atom is -0.661 e. The van der Waals surface area contributed by atoms with Gasteiger partial charge in [-0.25, -0.2) is 0 Å². The van der Waals surface area contributed by atoms with Crippen molar-refractivity contribution in [2.45, 2.75) is 32.2 Å². The molecule has 5 heteroatoms. The SMILES string of the molecule is CC1(C)CCNCCN2CCC[N-]CCN1CC2.[Mn]. The number of rotatable bonds is 0. The average molecular weight is 308 g/mol. The third-order valence-electron chi connectivity index (χ3n) is 4.38. The summed E-state index contributed by atoms with van der Waals surface area (Å²) in [7, 11) is 0. The molecule has 1 N–H and O–H groups in total. The van der Waals surface area contributed by atoms with Crippen molar-refractivity contribution < 1.29 is 17.1 Å². The largest absolute Gasteiger partial charge is 0.661 e. The maximum absolute atomic E-state index is 4.66. The Balaban J connectivity index is 0.00000180. The molecule has 113 valence electrons. The second kappa shape index (κ2) is 8.60. The molecule has 0 aromatic carbocycles. The van der Waals surface area contributed by atoms with Crippen molar-refractivity contribution in [3.63, 3.8) is 0 Å². The molecule has 0 aliphatic carbocycles. The van der Waals surface area contributed by atoms with Crippen molar-refractivity contribution in [1.82, 2.24) is 15.1 Å². The van der Waals surface area contributed by atoms with Gasteiger partial charge >= 0.3 is 0 Å². The predicted octanol–water partition coefficient (Wildman–Crippen LogP) is 1.14. The molecule has 2 unspecified atom stereocenters. The summed E-state index contributed by atoms with van der Waals surface area (Å²) in [5, 5.41) is 8.25. The minimum atomic E-state index is 0. The Morgan fingerprint density at radius 2 is 1.79 bits per heavy atom. The number of hydrogen-bond donors (Lipinski definition) is 1. The fourth-order valence-corrected chi connectivity index (χ4v) is 2.94. The van der Waals surface area contributed by atoms with Gasteiger partial charge in [-0.3, -0.25) is 4.90 Å². The zero-order chi connectivity index (χ0) is 12.8. The van der Waals surface area contributed by atoms with Crippen LogP contribution < -0.4 is 5.32 Å². The number of nitrogens with one attached hydrogen (secondary N) is 1. The van der Waals surface area contributed by atoms with E-state index in [9.17, 15) is 0 Å². The van der Waals surface area contributed by atoms with Gasteiger partial charge in [-0.05, 0) is 39.9 Å². The number of hydrogen-bond acceptors (Lipinski definition) is 3. The van der Waals surface area contributed by atoms with E-state index in [1.165, 1.54) is 39.0 Å². The third-order valence-corrected chi connectivity index (χ3v) is 4.38. The van der Waals surface area contributed by atoms with Gasteiger partial charge in [0.15, 0.2) is 0 Å². The van der Waals surface area contributed by atoms with Crippen LogP contribution in [0.25, 0.3) is 5.32 Å². The summed E-state index contributed by atoms with van der Waals surface area (Å²) >= 11 is 0. The smallest absolute Gasteiger partial charge is 0.0165 e. The molecule has 2 aliphatic heterocycles. The molecule has 0 aromatic rings. The molecule has 2 rings (SSSR count). The van der Waals surface area contributed by atoms with Gasteiger partial charge in [0.05, 0.1) is 0 Å². The molecule has 0 aromatic heterocycles. The van der Waals surface area contributed by atoms with Crippen LogP contribution in [-0.2, 0) is 17.1 Å². The molecule has 2 heterocycles. The summed E-state index contributed by atoms with van der Waals surface area (Å²) < 4.78 is 0. The maximum Gasteiger partial charge on any atom is 0.0165 e. The van der Waals surface area contributed by atoms with Crippen LogP contribution >= 0.6 is 0 Å². The minimum absolute atomic E-state index is 0. The van der Waals surface area contributed by atoms with Crippen molar-refractivity contribution in [2.24, 2.45) is 0 Å². The van der Waals surface area contributed by atoms with Crippen LogP contribution in [0.2, 0.25) is 0 Å². The molecule has 0 amide bonds. The van der Waals surface area contributed by atoms with Gasteiger partial charge in [-0.2, -0.15) is 0 Å². The Morgan fingerprint density at radius 3 is 2.63 bits per heavy atom. The summed E-state index contributed by atoms with van der Waals surface area (Å²) in [5.74, 6) is 0. The first-order valence-electron chi connectivity index (χ1n) is 7.50. The fraction of sp³-hybridized carbons (Fsp3) is 1.00. The van der Waals surface area contributed by atoms with E-state index in [1.54, 1.807) is 0 Å². The van der Waals surface area contributed by atoms with E-state index in [-0.39, 0.29) is 17.1 Å². The molecule has 2 aliphatic rings. The van der Waals surface area contributed by atoms with E-state index in [0.29, 0.717) is 5.54 Å². The number of fused-ring (bicyclic) bond motifs is 3. The van der Waals surface area contributed by atoms with Crippen molar-refractivity contribution in [3.05, 3.63) is 5.32 Å². The maximum atomic E-state index is 4.66. The van der Waals surface area contributed by atoms with Gasteiger partial charge < -0.3 is 15.5 Å². The first-order chi connectivity index (χ1) is 8.68. The monoisotopic (exact) mass is 308 g/mol. The van der Waals surface area contributed by atoms with Crippen LogP contribution in [-0.4, -0.2) is 74.2 Å². The van der Waals surface area contributed by atoms with Gasteiger partial charge in [0, 0.05) is 48.8 Å². The van der Waals surface area contributed by atoms with Gasteiger partial charge in [0.2, 0.25) is 0 Å². The number of nitrogens with zero attached hydrogens (tertiary/aromatic N) is 3. The second-order valence-corrected chi connectivity index (χ2v) is 6.17. The van der Waals surface area contributed by atoms with E-state index < -0.39 is 0 Å². The molecule has 4 nitrogen and oxygen atoms in total. The zero-order valence-electron chi connectivity index (χ0n) is 12.5. The van der Waals surface area contributed by atoms with Gasteiger partial charge in [-0.1, -0.05) is 6.42 Å². The van der Waals surface area contributed by atoms with Gasteiger partial charge in [0.25, 0.3) is 0 Å². The molecule has 2 saturated heterocycles. The summed E-state index contributed by atoms with van der Waals surface area (Å²) in [6.07, 6.45) is 2.45. The molecular formula is C14H29MnN4-. The summed E-state index contributed by atoms with van der Waals surface area (Å²) in [4.78, 5) is 5.24. The Labute approximate surface area is 129 Å². The first-order valence-corrected chi connectivity index (χ1v) is 7.50. The van der Waals surface area contributed by atoms with Crippen LogP contribution in [0.15, 0.2) is 0 Å². The van der Waals surface area contributed by atoms with Crippen molar-refractivity contribution in [2.75, 3.05) is 58.9 Å². The standard InChI is InChI=1S/C14H29N4.Mn/c1-14(2)4-6-16-7-10-17-9-3-5-15-8-11-18(14)13-12-17;/h16H,3-13H2,1-2H3;/q-1;. The molecule has 1 radical (unpaired) electrons. The molecule has 2 fully saturated rings. The molecular weight excluding hydrogens is 279 g/mol. The molecule has 2 bridgehead atoms. The van der Waals surface area contributed by atoms with E-state index in [0.717, 1.165) is 32.7 Å². The Morgan fingerprint density at radius 1 is 0.947 bits per heavy atom. The first kappa shape index (κ1) is 17.4. The quantitative estimate of drug-likeness (QED) is 0.681. The van der Waals surface area contributed by atoms with Crippen LogP contribution in [0.4, 0.5) is 0 Å². The Hall–Kier alpha value is 0.359. The Bertz CT molecular complexity index is 246. The fourth-order valence-electron chi connectivity index (χ4n) is 2.94. The topological polar surface area (TPSA) is 32.6 Å². The van der Waals surface area contributed by atoms with Crippen LogP contribution in [0, 0.1) is 0 Å². The van der Waals surface area contributed by atoms with E-state index >= 15 is 0 Å². The molecule has 0 saturated carbocycles. The Kier molecular flexibility index (Phi) is 7.88. The second-order valence-electron chi connectivity index (χ2n) is 6.17. The van der Waals surface area contributed by atoms with Crippen LogP contribution in [0.3, 0.4) is 0 Å². The van der Waals surface area contributed by atoms with Gasteiger partial charge in [-0.15, -0.1) is 13.1 Å². The van der Waals surface area contributed by atoms with Crippen molar-refractivity contribution >= 4 is 0 Å². The van der Waals surface area contributed by atoms with Gasteiger partial charge in [0.1, 0.15) is 0 Å².